The molecule has 0 fully saturated rings. The molecule has 0 heterocycles. The average Bonchev–Trinajstić information content (AvgIpc) is 2.77. The first-order chi connectivity index (χ1) is 14.6. The van der Waals surface area contributed by atoms with Crippen molar-refractivity contribution in [1.82, 2.24) is 0 Å². The normalized spacial score (nSPS) is 10.9. The van der Waals surface area contributed by atoms with Gasteiger partial charge < -0.3 is 9.47 Å². The third-order valence-electron chi connectivity index (χ3n) is 4.34. The quantitative estimate of drug-likeness (QED) is 0.206. The molecule has 0 saturated heterocycles. The summed E-state index contributed by atoms with van der Waals surface area (Å²) in [6.07, 6.45) is 2.65. The van der Waals surface area contributed by atoms with Gasteiger partial charge in [0.1, 0.15) is 11.5 Å². The number of benzene rings is 3. The number of halogens is 1. The van der Waals surface area contributed by atoms with Crippen LogP contribution in [0.2, 0.25) is 5.02 Å². The molecule has 0 aliphatic heterocycles. The molecule has 0 radical (unpaired) electrons. The number of ether oxygens (including phenoxy) is 2. The van der Waals surface area contributed by atoms with E-state index >= 15 is 0 Å². The molecule has 0 aliphatic carbocycles. The van der Waals surface area contributed by atoms with Crippen molar-refractivity contribution in [3.63, 3.8) is 0 Å². The number of carbonyl (C=O) groups is 1. The largest absolute Gasteiger partial charge is 0.482 e. The summed E-state index contributed by atoms with van der Waals surface area (Å²) in [6, 6.07) is 23.8. The van der Waals surface area contributed by atoms with Crippen LogP contribution in [0.3, 0.4) is 0 Å². The van der Waals surface area contributed by atoms with Crippen LogP contribution in [0.4, 0.5) is 0 Å². The number of carbonyl (C=O) groups excluding carboxylic acids is 1. The highest BCUT2D eigenvalue weighted by molar-refractivity contribution is 6.30. The molecule has 0 atom stereocenters. The van der Waals surface area contributed by atoms with Gasteiger partial charge in [0.25, 0.3) is 0 Å². The maximum Gasteiger partial charge on any atom is 0.349 e. The van der Waals surface area contributed by atoms with E-state index in [-0.39, 0.29) is 6.61 Å². The monoisotopic (exact) mass is 417 g/mol. The molecule has 0 saturated carbocycles. The van der Waals surface area contributed by atoms with E-state index in [1.165, 1.54) is 0 Å². The fourth-order valence-corrected chi connectivity index (χ4v) is 2.98. The van der Waals surface area contributed by atoms with E-state index in [1.54, 1.807) is 54.6 Å². The van der Waals surface area contributed by atoms with Crippen LogP contribution in [0, 0.1) is 11.3 Å². The number of allylic oxidation sites excluding steroid dienone is 1. The van der Waals surface area contributed by atoms with Gasteiger partial charge in [0, 0.05) is 5.02 Å². The van der Waals surface area contributed by atoms with Gasteiger partial charge in [-0.25, -0.2) is 4.79 Å². The van der Waals surface area contributed by atoms with Crippen LogP contribution < -0.4 is 9.47 Å². The minimum Gasteiger partial charge on any atom is -0.482 e. The Kier molecular flexibility index (Phi) is 7.26. The lowest BCUT2D eigenvalue weighted by Crippen LogP contribution is -2.17. The number of hydrogen-bond acceptors (Lipinski definition) is 4. The first-order valence-electron chi connectivity index (χ1n) is 9.47. The molecular weight excluding hydrogens is 398 g/mol. The van der Waals surface area contributed by atoms with Gasteiger partial charge in [-0.15, -0.1) is 0 Å². The molecular formula is C25H20ClNO3. The molecule has 3 rings (SSSR count). The van der Waals surface area contributed by atoms with Crippen LogP contribution in [-0.4, -0.2) is 12.6 Å². The summed E-state index contributed by atoms with van der Waals surface area (Å²) in [5.41, 5.74) is 3.17. The molecule has 4 nitrogen and oxygen atoms in total. The van der Waals surface area contributed by atoms with Gasteiger partial charge in [-0.3, -0.25) is 0 Å². The molecule has 0 aliphatic rings. The lowest BCUT2D eigenvalue weighted by Gasteiger charge is -2.08. The fraction of sp³-hybridized carbons (Fsp3) is 0.120. The molecule has 0 amide bonds. The Morgan fingerprint density at radius 3 is 2.50 bits per heavy atom. The second-order valence-electron chi connectivity index (χ2n) is 6.51. The predicted molar refractivity (Wildman–Crippen MR) is 118 cm³/mol. The second kappa shape index (κ2) is 10.3. The maximum absolute atomic E-state index is 12.1. The Hall–Kier alpha value is -3.55. The number of hydrogen-bond donors (Lipinski definition) is 0. The van der Waals surface area contributed by atoms with E-state index in [2.05, 4.69) is 13.0 Å². The Morgan fingerprint density at radius 1 is 1.03 bits per heavy atom. The van der Waals surface area contributed by atoms with Crippen molar-refractivity contribution in [2.75, 3.05) is 6.61 Å². The van der Waals surface area contributed by atoms with Crippen molar-refractivity contribution < 1.29 is 14.3 Å². The van der Waals surface area contributed by atoms with Crippen molar-refractivity contribution in [3.05, 3.63) is 94.5 Å². The van der Waals surface area contributed by atoms with Crippen molar-refractivity contribution >= 4 is 29.2 Å². The van der Waals surface area contributed by atoms with Gasteiger partial charge in [0.15, 0.2) is 6.61 Å². The molecule has 3 aromatic carbocycles. The molecule has 3 aromatic rings. The van der Waals surface area contributed by atoms with E-state index in [1.807, 2.05) is 24.3 Å². The lowest BCUT2D eigenvalue weighted by molar-refractivity contribution is -0.136. The maximum atomic E-state index is 12.1. The van der Waals surface area contributed by atoms with E-state index in [9.17, 15) is 10.1 Å². The van der Waals surface area contributed by atoms with E-state index < -0.39 is 5.97 Å². The summed E-state index contributed by atoms with van der Waals surface area (Å²) in [5, 5.41) is 10.0. The zero-order valence-corrected chi connectivity index (χ0v) is 17.2. The summed E-state index contributed by atoms with van der Waals surface area (Å²) >= 11 is 6.00. The predicted octanol–water partition coefficient (Wildman–Crippen LogP) is 5.95. The molecule has 0 N–H and O–H groups in total. The zero-order chi connectivity index (χ0) is 21.3. The number of nitriles is 1. The Balaban J connectivity index is 1.61. The van der Waals surface area contributed by atoms with Crippen molar-refractivity contribution in [3.8, 4) is 17.6 Å². The smallest absolute Gasteiger partial charge is 0.349 e. The first kappa shape index (κ1) is 21.2. The van der Waals surface area contributed by atoms with Gasteiger partial charge >= 0.3 is 5.97 Å². The minimum absolute atomic E-state index is 0.178. The molecule has 0 bridgehead atoms. The Morgan fingerprint density at radius 2 is 1.80 bits per heavy atom. The SMILES string of the molecule is CCc1cccc(OCC(=O)Oc2ccc(/C=C(/C#N)c3cccc(Cl)c3)cc2)c1. The third kappa shape index (κ3) is 5.97. The molecule has 150 valence electrons. The highest BCUT2D eigenvalue weighted by Gasteiger charge is 2.07. The summed E-state index contributed by atoms with van der Waals surface area (Å²) in [6.45, 7) is 1.88. The summed E-state index contributed by atoms with van der Waals surface area (Å²) in [4.78, 5) is 12.1. The third-order valence-corrected chi connectivity index (χ3v) is 4.58. The summed E-state index contributed by atoms with van der Waals surface area (Å²) < 4.78 is 10.8. The fourth-order valence-electron chi connectivity index (χ4n) is 2.79. The molecule has 0 spiro atoms. The van der Waals surface area contributed by atoms with Crippen LogP contribution in [0.5, 0.6) is 11.5 Å². The molecule has 30 heavy (non-hydrogen) atoms. The van der Waals surface area contributed by atoms with Crippen LogP contribution in [0.15, 0.2) is 72.8 Å². The van der Waals surface area contributed by atoms with Gasteiger partial charge in [-0.2, -0.15) is 5.26 Å². The van der Waals surface area contributed by atoms with Gasteiger partial charge in [-0.05, 0) is 65.6 Å². The van der Waals surface area contributed by atoms with Crippen molar-refractivity contribution in [2.45, 2.75) is 13.3 Å². The molecule has 0 unspecified atom stereocenters. The number of nitrogens with zero attached hydrogens (tertiary/aromatic N) is 1. The van der Waals surface area contributed by atoms with Crippen LogP contribution >= 0.6 is 11.6 Å². The average molecular weight is 418 g/mol. The highest BCUT2D eigenvalue weighted by Crippen LogP contribution is 2.22. The molecule has 0 aromatic heterocycles. The number of aryl methyl sites for hydroxylation is 1. The number of esters is 1. The lowest BCUT2D eigenvalue weighted by atomic mass is 10.0. The van der Waals surface area contributed by atoms with Gasteiger partial charge in [0.2, 0.25) is 0 Å². The van der Waals surface area contributed by atoms with Gasteiger partial charge in [-0.1, -0.05) is 54.9 Å². The highest BCUT2D eigenvalue weighted by atomic mass is 35.5. The second-order valence-corrected chi connectivity index (χ2v) is 6.95. The van der Waals surface area contributed by atoms with E-state index in [4.69, 9.17) is 21.1 Å². The minimum atomic E-state index is -0.489. The van der Waals surface area contributed by atoms with Crippen molar-refractivity contribution in [2.24, 2.45) is 0 Å². The van der Waals surface area contributed by atoms with Gasteiger partial charge in [0.05, 0.1) is 11.6 Å². The van der Waals surface area contributed by atoms with Crippen molar-refractivity contribution in [1.29, 1.82) is 5.26 Å². The number of rotatable bonds is 7. The standard InChI is InChI=1S/C25H20ClNO3/c1-2-18-5-3-8-24(14-18)29-17-25(28)30-23-11-9-19(10-12-23)13-21(16-27)20-6-4-7-22(26)15-20/h3-15H,2,17H2,1H3/b21-13-. The Labute approximate surface area is 180 Å². The van der Waals surface area contributed by atoms with Crippen LogP contribution in [-0.2, 0) is 11.2 Å². The van der Waals surface area contributed by atoms with Crippen LogP contribution in [0.1, 0.15) is 23.6 Å². The van der Waals surface area contributed by atoms with E-state index in [0.717, 1.165) is 23.1 Å². The Bertz CT molecular complexity index is 1100. The topological polar surface area (TPSA) is 59.3 Å². The molecule has 5 heteroatoms. The zero-order valence-electron chi connectivity index (χ0n) is 16.5. The van der Waals surface area contributed by atoms with Crippen LogP contribution in [0.25, 0.3) is 11.6 Å². The first-order valence-corrected chi connectivity index (χ1v) is 9.85. The summed E-state index contributed by atoms with van der Waals surface area (Å²) in [7, 11) is 0. The van der Waals surface area contributed by atoms with E-state index in [0.29, 0.717) is 22.1 Å². The summed E-state index contributed by atoms with van der Waals surface area (Å²) in [5.74, 6) is 0.554.